The summed E-state index contributed by atoms with van der Waals surface area (Å²) in [6.07, 6.45) is -0.478. The van der Waals surface area contributed by atoms with Crippen LogP contribution in [0.4, 0.5) is 4.79 Å². The van der Waals surface area contributed by atoms with Crippen molar-refractivity contribution in [2.45, 2.75) is 6.10 Å². The molecule has 1 amide bonds. The SMILES string of the molecule is O=C1NC[C@@H](c2ccc(Br)cc2)O1. The first kappa shape index (κ1) is 8.56. The monoisotopic (exact) mass is 241 g/mol. The maximum absolute atomic E-state index is 10.8. The van der Waals surface area contributed by atoms with Crippen molar-refractivity contribution in [3.8, 4) is 0 Å². The number of hydrogen-bond acceptors (Lipinski definition) is 2. The molecule has 1 N–H and O–H groups in total. The molecule has 0 bridgehead atoms. The molecule has 68 valence electrons. The van der Waals surface area contributed by atoms with Crippen molar-refractivity contribution < 1.29 is 9.53 Å². The van der Waals surface area contributed by atoms with Crippen LogP contribution in [0.15, 0.2) is 28.7 Å². The van der Waals surface area contributed by atoms with Crippen LogP contribution in [0.3, 0.4) is 0 Å². The normalized spacial score (nSPS) is 21.0. The molecule has 1 aliphatic rings. The van der Waals surface area contributed by atoms with Crippen LogP contribution < -0.4 is 5.32 Å². The highest BCUT2D eigenvalue weighted by molar-refractivity contribution is 9.10. The van der Waals surface area contributed by atoms with Crippen LogP contribution in [-0.2, 0) is 4.74 Å². The van der Waals surface area contributed by atoms with Gasteiger partial charge in [-0.2, -0.15) is 0 Å². The third kappa shape index (κ3) is 1.83. The van der Waals surface area contributed by atoms with Gasteiger partial charge in [-0.1, -0.05) is 28.1 Å². The molecule has 1 heterocycles. The standard InChI is InChI=1S/C9H8BrNO2/c10-7-3-1-6(2-4-7)8-5-11-9(12)13-8/h1-4,8H,5H2,(H,11,12)/t8-/m0/s1. The zero-order valence-electron chi connectivity index (χ0n) is 6.79. The fraction of sp³-hybridized carbons (Fsp3) is 0.222. The van der Waals surface area contributed by atoms with E-state index in [1.807, 2.05) is 24.3 Å². The largest absolute Gasteiger partial charge is 0.439 e. The van der Waals surface area contributed by atoms with Crippen molar-refractivity contribution in [2.24, 2.45) is 0 Å². The molecule has 1 aliphatic heterocycles. The Morgan fingerprint density at radius 2 is 2.08 bits per heavy atom. The molecule has 1 saturated heterocycles. The summed E-state index contributed by atoms with van der Waals surface area (Å²) in [5.74, 6) is 0. The first-order valence-electron chi connectivity index (χ1n) is 3.95. The van der Waals surface area contributed by atoms with Crippen LogP contribution >= 0.6 is 15.9 Å². The molecule has 1 aromatic carbocycles. The highest BCUT2D eigenvalue weighted by Gasteiger charge is 2.23. The Labute approximate surface area is 84.2 Å². The molecule has 2 rings (SSSR count). The maximum atomic E-state index is 10.8. The van der Waals surface area contributed by atoms with Gasteiger partial charge in [0.1, 0.15) is 6.10 Å². The van der Waals surface area contributed by atoms with Crippen LogP contribution in [0.5, 0.6) is 0 Å². The number of halogens is 1. The summed E-state index contributed by atoms with van der Waals surface area (Å²) >= 11 is 3.34. The molecule has 4 heteroatoms. The van der Waals surface area contributed by atoms with Crippen LogP contribution in [-0.4, -0.2) is 12.6 Å². The molecule has 1 fully saturated rings. The first-order valence-corrected chi connectivity index (χ1v) is 4.75. The number of rotatable bonds is 1. The molecule has 13 heavy (non-hydrogen) atoms. The van der Waals surface area contributed by atoms with E-state index in [0.717, 1.165) is 10.0 Å². The summed E-state index contributed by atoms with van der Waals surface area (Å²) in [6, 6.07) is 7.74. The van der Waals surface area contributed by atoms with Gasteiger partial charge in [0.05, 0.1) is 6.54 Å². The molecule has 0 saturated carbocycles. The molecule has 0 aromatic heterocycles. The zero-order valence-corrected chi connectivity index (χ0v) is 8.37. The highest BCUT2D eigenvalue weighted by Crippen LogP contribution is 2.22. The van der Waals surface area contributed by atoms with Gasteiger partial charge in [0.15, 0.2) is 0 Å². The average Bonchev–Trinajstić information content (AvgIpc) is 2.53. The second-order valence-electron chi connectivity index (χ2n) is 2.83. The molecule has 0 unspecified atom stereocenters. The van der Waals surface area contributed by atoms with Gasteiger partial charge in [0.25, 0.3) is 0 Å². The number of carbonyl (C=O) groups excluding carboxylic acids is 1. The summed E-state index contributed by atoms with van der Waals surface area (Å²) in [4.78, 5) is 10.8. The Balaban J connectivity index is 2.17. The van der Waals surface area contributed by atoms with Crippen LogP contribution in [0.2, 0.25) is 0 Å². The Kier molecular flexibility index (Phi) is 2.22. The lowest BCUT2D eigenvalue weighted by molar-refractivity contribution is 0.141. The number of hydrogen-bond donors (Lipinski definition) is 1. The Morgan fingerprint density at radius 3 is 2.62 bits per heavy atom. The van der Waals surface area contributed by atoms with E-state index in [-0.39, 0.29) is 12.2 Å². The van der Waals surface area contributed by atoms with E-state index in [2.05, 4.69) is 21.2 Å². The van der Waals surface area contributed by atoms with Gasteiger partial charge in [-0.05, 0) is 17.7 Å². The molecular weight excluding hydrogens is 234 g/mol. The van der Waals surface area contributed by atoms with Crippen molar-refractivity contribution in [1.29, 1.82) is 0 Å². The minimum atomic E-state index is -0.340. The Morgan fingerprint density at radius 1 is 1.38 bits per heavy atom. The van der Waals surface area contributed by atoms with Gasteiger partial charge in [-0.25, -0.2) is 4.79 Å². The quantitative estimate of drug-likeness (QED) is 0.819. The third-order valence-corrected chi connectivity index (χ3v) is 2.45. The van der Waals surface area contributed by atoms with E-state index >= 15 is 0 Å². The number of cyclic esters (lactones) is 1. The number of ether oxygens (including phenoxy) is 1. The molecule has 3 nitrogen and oxygen atoms in total. The summed E-state index contributed by atoms with van der Waals surface area (Å²) in [6.45, 7) is 0.556. The van der Waals surface area contributed by atoms with Gasteiger partial charge in [0.2, 0.25) is 0 Å². The van der Waals surface area contributed by atoms with Gasteiger partial charge < -0.3 is 10.1 Å². The van der Waals surface area contributed by atoms with E-state index in [4.69, 9.17) is 4.74 Å². The van der Waals surface area contributed by atoms with E-state index < -0.39 is 0 Å². The van der Waals surface area contributed by atoms with Crippen molar-refractivity contribution >= 4 is 22.0 Å². The Bertz CT molecular complexity index is 323. The second kappa shape index (κ2) is 3.38. The van der Waals surface area contributed by atoms with Crippen molar-refractivity contribution in [2.75, 3.05) is 6.54 Å². The van der Waals surface area contributed by atoms with E-state index in [1.54, 1.807) is 0 Å². The predicted molar refractivity (Wildman–Crippen MR) is 51.4 cm³/mol. The Hall–Kier alpha value is -1.03. The van der Waals surface area contributed by atoms with Crippen molar-refractivity contribution in [1.82, 2.24) is 5.32 Å². The summed E-state index contributed by atoms with van der Waals surface area (Å²) in [7, 11) is 0. The van der Waals surface area contributed by atoms with Crippen molar-refractivity contribution in [3.63, 3.8) is 0 Å². The minimum Gasteiger partial charge on any atom is -0.439 e. The molecule has 1 aromatic rings. The minimum absolute atomic E-state index is 0.138. The molecule has 0 spiro atoms. The van der Waals surface area contributed by atoms with Gasteiger partial charge in [-0.15, -0.1) is 0 Å². The number of carbonyl (C=O) groups is 1. The summed E-state index contributed by atoms with van der Waals surface area (Å²) in [5, 5.41) is 2.61. The molecule has 1 atom stereocenters. The van der Waals surface area contributed by atoms with E-state index in [1.165, 1.54) is 0 Å². The first-order chi connectivity index (χ1) is 6.25. The van der Waals surface area contributed by atoms with Crippen LogP contribution in [0.1, 0.15) is 11.7 Å². The number of nitrogens with one attached hydrogen (secondary N) is 1. The van der Waals surface area contributed by atoms with Crippen LogP contribution in [0.25, 0.3) is 0 Å². The van der Waals surface area contributed by atoms with E-state index in [9.17, 15) is 4.79 Å². The lowest BCUT2D eigenvalue weighted by atomic mass is 10.1. The van der Waals surface area contributed by atoms with Crippen molar-refractivity contribution in [3.05, 3.63) is 34.3 Å². The molecule has 0 radical (unpaired) electrons. The van der Waals surface area contributed by atoms with Gasteiger partial charge >= 0.3 is 6.09 Å². The lowest BCUT2D eigenvalue weighted by Gasteiger charge is -2.06. The van der Waals surface area contributed by atoms with Crippen LogP contribution in [0, 0.1) is 0 Å². The number of amides is 1. The summed E-state index contributed by atoms with van der Waals surface area (Å²) < 4.78 is 6.04. The molecule has 0 aliphatic carbocycles. The van der Waals surface area contributed by atoms with E-state index in [0.29, 0.717) is 6.54 Å². The topological polar surface area (TPSA) is 38.3 Å². The maximum Gasteiger partial charge on any atom is 0.407 e. The number of alkyl carbamates (subject to hydrolysis) is 1. The van der Waals surface area contributed by atoms with Gasteiger partial charge in [-0.3, -0.25) is 0 Å². The smallest absolute Gasteiger partial charge is 0.407 e. The zero-order chi connectivity index (χ0) is 9.26. The lowest BCUT2D eigenvalue weighted by Crippen LogP contribution is -2.12. The highest BCUT2D eigenvalue weighted by atomic mass is 79.9. The summed E-state index contributed by atoms with van der Waals surface area (Å²) in [5.41, 5.74) is 1.02. The average molecular weight is 242 g/mol. The third-order valence-electron chi connectivity index (χ3n) is 1.92. The number of benzene rings is 1. The predicted octanol–water partition coefficient (Wildman–Crippen LogP) is 2.23. The second-order valence-corrected chi connectivity index (χ2v) is 3.74. The fourth-order valence-electron chi connectivity index (χ4n) is 1.25. The van der Waals surface area contributed by atoms with Gasteiger partial charge in [0, 0.05) is 4.47 Å². The fourth-order valence-corrected chi connectivity index (χ4v) is 1.52. The molecular formula is C9H8BrNO2.